The number of thiocarbonyl (C=S) groups is 1. The summed E-state index contributed by atoms with van der Waals surface area (Å²) in [5.41, 5.74) is 2.87. The number of nitrogens with one attached hydrogen (secondary N) is 2. The standard InChI is InChI=1S/C16H15ClF2N2OS/c1-10-2-4-11(5-3-10)9-20-16(23)21-12-6-7-14(13(17)8-12)22-15(18)19/h2-8,15H,9H2,1H3,(H2,20,21,23). The molecule has 0 saturated carbocycles. The third-order valence-electron chi connectivity index (χ3n) is 2.98. The Labute approximate surface area is 143 Å². The van der Waals surface area contributed by atoms with Gasteiger partial charge < -0.3 is 15.4 Å². The van der Waals surface area contributed by atoms with Gasteiger partial charge in [-0.05, 0) is 42.9 Å². The van der Waals surface area contributed by atoms with Gasteiger partial charge in [0.15, 0.2) is 5.11 Å². The van der Waals surface area contributed by atoms with Crippen LogP contribution in [0, 0.1) is 6.92 Å². The van der Waals surface area contributed by atoms with Crippen LogP contribution in [-0.2, 0) is 6.54 Å². The van der Waals surface area contributed by atoms with E-state index in [4.69, 9.17) is 23.8 Å². The average Bonchev–Trinajstić information content (AvgIpc) is 2.49. The van der Waals surface area contributed by atoms with Crippen molar-refractivity contribution < 1.29 is 13.5 Å². The molecular weight excluding hydrogens is 342 g/mol. The molecule has 7 heteroatoms. The van der Waals surface area contributed by atoms with Crippen molar-refractivity contribution in [1.82, 2.24) is 5.32 Å². The third-order valence-corrected chi connectivity index (χ3v) is 3.52. The molecule has 2 aromatic carbocycles. The van der Waals surface area contributed by atoms with Gasteiger partial charge in [-0.1, -0.05) is 41.4 Å². The molecule has 0 aromatic heterocycles. The molecule has 2 aromatic rings. The number of hydrogen-bond donors (Lipinski definition) is 2. The second-order valence-electron chi connectivity index (χ2n) is 4.82. The summed E-state index contributed by atoms with van der Waals surface area (Å²) < 4.78 is 28.6. The number of halogens is 3. The van der Waals surface area contributed by atoms with Gasteiger partial charge in [-0.15, -0.1) is 0 Å². The largest absolute Gasteiger partial charge is 0.433 e. The van der Waals surface area contributed by atoms with Crippen molar-refractivity contribution >= 4 is 34.6 Å². The Morgan fingerprint density at radius 2 is 1.91 bits per heavy atom. The van der Waals surface area contributed by atoms with Crippen molar-refractivity contribution in [2.75, 3.05) is 5.32 Å². The van der Waals surface area contributed by atoms with Gasteiger partial charge in [-0.2, -0.15) is 8.78 Å². The van der Waals surface area contributed by atoms with Gasteiger partial charge in [0.25, 0.3) is 0 Å². The number of anilines is 1. The SMILES string of the molecule is Cc1ccc(CNC(=S)Nc2ccc(OC(F)F)c(Cl)c2)cc1. The van der Waals surface area contributed by atoms with Crippen LogP contribution in [0.4, 0.5) is 14.5 Å². The first-order valence-corrected chi connectivity index (χ1v) is 7.57. The Kier molecular flexibility index (Phi) is 6.12. The maximum absolute atomic E-state index is 12.2. The first kappa shape index (κ1) is 17.4. The highest BCUT2D eigenvalue weighted by molar-refractivity contribution is 7.80. The fraction of sp³-hybridized carbons (Fsp3) is 0.188. The van der Waals surface area contributed by atoms with Crippen molar-refractivity contribution in [3.63, 3.8) is 0 Å². The van der Waals surface area contributed by atoms with E-state index < -0.39 is 6.61 Å². The van der Waals surface area contributed by atoms with Gasteiger partial charge in [-0.25, -0.2) is 0 Å². The second-order valence-corrected chi connectivity index (χ2v) is 5.63. The zero-order valence-electron chi connectivity index (χ0n) is 12.3. The third kappa shape index (κ3) is 5.65. The number of aryl methyl sites for hydroxylation is 1. The molecule has 0 spiro atoms. The molecule has 2 rings (SSSR count). The molecular formula is C16H15ClF2N2OS. The van der Waals surface area contributed by atoms with Crippen molar-refractivity contribution in [1.29, 1.82) is 0 Å². The van der Waals surface area contributed by atoms with Crippen LogP contribution in [0.25, 0.3) is 0 Å². The fourth-order valence-corrected chi connectivity index (χ4v) is 2.25. The summed E-state index contributed by atoms with van der Waals surface area (Å²) in [7, 11) is 0. The van der Waals surface area contributed by atoms with Gasteiger partial charge >= 0.3 is 6.61 Å². The molecule has 0 aliphatic heterocycles. The Morgan fingerprint density at radius 3 is 2.52 bits per heavy atom. The molecule has 0 bridgehead atoms. The van der Waals surface area contributed by atoms with Crippen LogP contribution in [0.3, 0.4) is 0 Å². The number of alkyl halides is 2. The molecule has 0 heterocycles. The summed E-state index contributed by atoms with van der Waals surface area (Å²) >= 11 is 11.1. The van der Waals surface area contributed by atoms with Gasteiger partial charge in [0.2, 0.25) is 0 Å². The zero-order chi connectivity index (χ0) is 16.8. The predicted molar refractivity (Wildman–Crippen MR) is 92.3 cm³/mol. The van der Waals surface area contributed by atoms with Gasteiger partial charge in [0.1, 0.15) is 5.75 Å². The Balaban J connectivity index is 1.89. The van der Waals surface area contributed by atoms with Crippen LogP contribution in [0.15, 0.2) is 42.5 Å². The normalized spacial score (nSPS) is 10.5. The second kappa shape index (κ2) is 8.08. The summed E-state index contributed by atoms with van der Waals surface area (Å²) in [4.78, 5) is 0. The predicted octanol–water partition coefficient (Wildman–Crippen LogP) is 4.74. The summed E-state index contributed by atoms with van der Waals surface area (Å²) in [5, 5.41) is 6.48. The quantitative estimate of drug-likeness (QED) is 0.758. The van der Waals surface area contributed by atoms with Gasteiger partial charge in [0.05, 0.1) is 5.02 Å². The van der Waals surface area contributed by atoms with Crippen LogP contribution in [0.1, 0.15) is 11.1 Å². The highest BCUT2D eigenvalue weighted by Gasteiger charge is 2.09. The van der Waals surface area contributed by atoms with E-state index in [1.165, 1.54) is 17.7 Å². The molecule has 122 valence electrons. The minimum Gasteiger partial charge on any atom is -0.433 e. The smallest absolute Gasteiger partial charge is 0.387 e. The van der Waals surface area contributed by atoms with Crippen molar-refractivity contribution in [3.05, 3.63) is 58.6 Å². The van der Waals surface area contributed by atoms with Crippen molar-refractivity contribution in [3.8, 4) is 5.75 Å². The number of hydrogen-bond acceptors (Lipinski definition) is 2. The number of ether oxygens (including phenoxy) is 1. The Bertz CT molecular complexity index is 680. The van der Waals surface area contributed by atoms with Crippen molar-refractivity contribution in [2.45, 2.75) is 20.1 Å². The first-order chi connectivity index (χ1) is 10.9. The maximum atomic E-state index is 12.2. The lowest BCUT2D eigenvalue weighted by atomic mass is 10.1. The van der Waals surface area contributed by atoms with E-state index in [-0.39, 0.29) is 10.8 Å². The topological polar surface area (TPSA) is 33.3 Å². The highest BCUT2D eigenvalue weighted by Crippen LogP contribution is 2.28. The molecule has 0 radical (unpaired) electrons. The summed E-state index contributed by atoms with van der Waals surface area (Å²) in [6.07, 6.45) is 0. The lowest BCUT2D eigenvalue weighted by molar-refractivity contribution is -0.0497. The summed E-state index contributed by atoms with van der Waals surface area (Å²) in [5.74, 6) is -0.0780. The minimum atomic E-state index is -2.91. The monoisotopic (exact) mass is 356 g/mol. The van der Waals surface area contributed by atoms with Crippen LogP contribution >= 0.6 is 23.8 Å². The summed E-state index contributed by atoms with van der Waals surface area (Å²) in [6, 6.07) is 12.5. The first-order valence-electron chi connectivity index (χ1n) is 6.79. The lowest BCUT2D eigenvalue weighted by Gasteiger charge is -2.12. The summed E-state index contributed by atoms with van der Waals surface area (Å²) in [6.45, 7) is -0.315. The van der Waals surface area contributed by atoms with Gasteiger partial charge in [-0.3, -0.25) is 0 Å². The zero-order valence-corrected chi connectivity index (χ0v) is 13.8. The van der Waals surface area contributed by atoms with E-state index in [9.17, 15) is 8.78 Å². The van der Waals surface area contributed by atoms with E-state index >= 15 is 0 Å². The maximum Gasteiger partial charge on any atom is 0.387 e. The van der Waals surface area contributed by atoms with Crippen molar-refractivity contribution in [2.24, 2.45) is 0 Å². The van der Waals surface area contributed by atoms with Gasteiger partial charge in [0, 0.05) is 12.2 Å². The minimum absolute atomic E-state index is 0.0780. The van der Waals surface area contributed by atoms with Crippen LogP contribution in [-0.4, -0.2) is 11.7 Å². The Hall–Kier alpha value is -1.92. The molecule has 0 fully saturated rings. The molecule has 3 nitrogen and oxygen atoms in total. The number of rotatable bonds is 5. The lowest BCUT2D eigenvalue weighted by Crippen LogP contribution is -2.27. The van der Waals surface area contributed by atoms with Crippen LogP contribution in [0.2, 0.25) is 5.02 Å². The molecule has 0 aliphatic rings. The molecule has 0 unspecified atom stereocenters. The number of benzene rings is 2. The molecule has 0 saturated heterocycles. The van der Waals surface area contributed by atoms with E-state index in [2.05, 4.69) is 15.4 Å². The highest BCUT2D eigenvalue weighted by atomic mass is 35.5. The molecule has 0 atom stereocenters. The molecule has 0 amide bonds. The van der Waals surface area contributed by atoms with Crippen LogP contribution < -0.4 is 15.4 Å². The molecule has 0 aliphatic carbocycles. The fourth-order valence-electron chi connectivity index (χ4n) is 1.83. The van der Waals surface area contributed by atoms with E-state index in [1.807, 2.05) is 31.2 Å². The molecule has 2 N–H and O–H groups in total. The van der Waals surface area contributed by atoms with E-state index in [0.717, 1.165) is 5.56 Å². The van der Waals surface area contributed by atoms with Crippen LogP contribution in [0.5, 0.6) is 5.75 Å². The molecule has 23 heavy (non-hydrogen) atoms. The van der Waals surface area contributed by atoms with E-state index in [0.29, 0.717) is 17.3 Å². The Morgan fingerprint density at radius 1 is 1.22 bits per heavy atom. The van der Waals surface area contributed by atoms with E-state index in [1.54, 1.807) is 6.07 Å². The average molecular weight is 357 g/mol.